The van der Waals surface area contributed by atoms with Crippen molar-refractivity contribution in [2.45, 2.75) is 32.0 Å². The van der Waals surface area contributed by atoms with Gasteiger partial charge in [0, 0.05) is 5.56 Å². The quantitative estimate of drug-likeness (QED) is 0.327. The predicted octanol–water partition coefficient (Wildman–Crippen LogP) is 4.65. The van der Waals surface area contributed by atoms with E-state index in [1.54, 1.807) is 0 Å². The molecule has 0 aliphatic rings. The van der Waals surface area contributed by atoms with Gasteiger partial charge in [-0.3, -0.25) is 0 Å². The van der Waals surface area contributed by atoms with Crippen LogP contribution in [-0.4, -0.2) is 13.2 Å². The third-order valence-corrected chi connectivity index (χ3v) is 2.72. The summed E-state index contributed by atoms with van der Waals surface area (Å²) in [6.45, 7) is 8.79. The molecule has 1 aromatic rings. The number of ether oxygens (including phenoxy) is 2. The van der Waals surface area contributed by atoms with Crippen LogP contribution < -0.4 is 0 Å². The van der Waals surface area contributed by atoms with Crippen molar-refractivity contribution in [3.63, 3.8) is 0 Å². The van der Waals surface area contributed by atoms with Gasteiger partial charge in [-0.25, -0.2) is 0 Å². The van der Waals surface area contributed by atoms with Crippen LogP contribution in [0.3, 0.4) is 0 Å². The molecule has 0 amide bonds. The minimum atomic E-state index is -0.268. The number of hydrogen-bond donors (Lipinski definition) is 0. The van der Waals surface area contributed by atoms with E-state index in [0.29, 0.717) is 13.2 Å². The fourth-order valence-electron chi connectivity index (χ4n) is 1.69. The van der Waals surface area contributed by atoms with E-state index in [-0.39, 0.29) is 6.29 Å². The summed E-state index contributed by atoms with van der Waals surface area (Å²) in [5.74, 6) is 0. The highest BCUT2D eigenvalue weighted by molar-refractivity contribution is 5.15. The van der Waals surface area contributed by atoms with Crippen molar-refractivity contribution >= 4 is 0 Å². The first kappa shape index (κ1) is 15.7. The topological polar surface area (TPSA) is 18.5 Å². The molecule has 0 bridgehead atoms. The summed E-state index contributed by atoms with van der Waals surface area (Å²) in [7, 11) is 0. The van der Waals surface area contributed by atoms with Crippen LogP contribution in [0, 0.1) is 0 Å². The van der Waals surface area contributed by atoms with Gasteiger partial charge >= 0.3 is 0 Å². The number of allylic oxidation sites excluding steroid dienone is 2. The summed E-state index contributed by atoms with van der Waals surface area (Å²) in [6.07, 6.45) is 7.44. The van der Waals surface area contributed by atoms with Gasteiger partial charge in [0.1, 0.15) is 0 Å². The molecule has 0 saturated carbocycles. The summed E-state index contributed by atoms with van der Waals surface area (Å²) >= 11 is 0. The molecule has 0 atom stereocenters. The van der Waals surface area contributed by atoms with Crippen molar-refractivity contribution in [1.82, 2.24) is 0 Å². The van der Waals surface area contributed by atoms with Crippen LogP contribution in [0.4, 0.5) is 0 Å². The first-order valence-corrected chi connectivity index (χ1v) is 6.88. The Morgan fingerprint density at radius 1 is 0.895 bits per heavy atom. The Bertz CT molecular complexity index is 330. The molecule has 0 unspecified atom stereocenters. The Morgan fingerprint density at radius 2 is 1.42 bits per heavy atom. The molecule has 0 aliphatic heterocycles. The molecule has 0 spiro atoms. The van der Waals surface area contributed by atoms with E-state index in [4.69, 9.17) is 9.47 Å². The van der Waals surface area contributed by atoms with E-state index in [0.717, 1.165) is 31.2 Å². The zero-order valence-electron chi connectivity index (χ0n) is 11.6. The highest BCUT2D eigenvalue weighted by atomic mass is 16.7. The molecule has 2 heteroatoms. The third-order valence-electron chi connectivity index (χ3n) is 2.72. The van der Waals surface area contributed by atoms with Gasteiger partial charge in [0.2, 0.25) is 0 Å². The number of unbranched alkanes of at least 4 members (excludes halogenated alkanes) is 2. The van der Waals surface area contributed by atoms with E-state index in [1.165, 1.54) is 0 Å². The first-order valence-electron chi connectivity index (χ1n) is 6.88. The predicted molar refractivity (Wildman–Crippen MR) is 79.9 cm³/mol. The molecule has 0 saturated heterocycles. The Hall–Kier alpha value is -1.38. The maximum Gasteiger partial charge on any atom is 0.183 e. The first-order chi connectivity index (χ1) is 9.38. The van der Waals surface area contributed by atoms with Crippen molar-refractivity contribution in [3.8, 4) is 0 Å². The molecule has 0 heterocycles. The van der Waals surface area contributed by atoms with Crippen molar-refractivity contribution in [2.24, 2.45) is 0 Å². The molecular formula is C17H24O2. The maximum atomic E-state index is 5.81. The zero-order valence-corrected chi connectivity index (χ0v) is 11.6. The second-order valence-corrected chi connectivity index (χ2v) is 4.35. The van der Waals surface area contributed by atoms with Gasteiger partial charge in [-0.05, 0) is 25.7 Å². The average Bonchev–Trinajstić information content (AvgIpc) is 2.46. The molecule has 0 aromatic heterocycles. The summed E-state index contributed by atoms with van der Waals surface area (Å²) in [6, 6.07) is 10.1. The summed E-state index contributed by atoms with van der Waals surface area (Å²) < 4.78 is 11.6. The minimum absolute atomic E-state index is 0.268. The van der Waals surface area contributed by atoms with Crippen LogP contribution in [0.5, 0.6) is 0 Å². The van der Waals surface area contributed by atoms with E-state index in [9.17, 15) is 0 Å². The SMILES string of the molecule is C=CCCCOC(OCCCC=C)c1ccccc1. The number of rotatable bonds is 11. The van der Waals surface area contributed by atoms with Crippen molar-refractivity contribution < 1.29 is 9.47 Å². The van der Waals surface area contributed by atoms with Crippen LogP contribution >= 0.6 is 0 Å². The molecule has 0 aliphatic carbocycles. The van der Waals surface area contributed by atoms with Gasteiger partial charge in [0.15, 0.2) is 6.29 Å². The summed E-state index contributed by atoms with van der Waals surface area (Å²) in [4.78, 5) is 0. The standard InChI is InChI=1S/C17H24O2/c1-3-5-10-14-18-17(19-15-11-6-4-2)16-12-8-7-9-13-16/h3-4,7-9,12-13,17H,1-2,5-6,10-11,14-15H2. The second-order valence-electron chi connectivity index (χ2n) is 4.35. The Balaban J connectivity index is 2.43. The molecule has 0 N–H and O–H groups in total. The van der Waals surface area contributed by atoms with Crippen LogP contribution in [0.15, 0.2) is 55.6 Å². The highest BCUT2D eigenvalue weighted by Crippen LogP contribution is 2.19. The Morgan fingerprint density at radius 3 is 1.89 bits per heavy atom. The Kier molecular flexibility index (Phi) is 8.69. The monoisotopic (exact) mass is 260 g/mol. The van der Waals surface area contributed by atoms with Gasteiger partial charge in [-0.15, -0.1) is 13.2 Å². The highest BCUT2D eigenvalue weighted by Gasteiger charge is 2.11. The van der Waals surface area contributed by atoms with Crippen LogP contribution in [0.1, 0.15) is 37.5 Å². The van der Waals surface area contributed by atoms with Gasteiger partial charge in [0.25, 0.3) is 0 Å². The summed E-state index contributed by atoms with van der Waals surface area (Å²) in [5.41, 5.74) is 1.07. The lowest BCUT2D eigenvalue weighted by Gasteiger charge is -2.18. The lowest BCUT2D eigenvalue weighted by molar-refractivity contribution is -0.147. The van der Waals surface area contributed by atoms with Gasteiger partial charge in [-0.1, -0.05) is 42.5 Å². The van der Waals surface area contributed by atoms with E-state index < -0.39 is 0 Å². The lowest BCUT2D eigenvalue weighted by Crippen LogP contribution is -2.10. The fourth-order valence-corrected chi connectivity index (χ4v) is 1.69. The lowest BCUT2D eigenvalue weighted by atomic mass is 10.2. The van der Waals surface area contributed by atoms with Crippen molar-refractivity contribution in [1.29, 1.82) is 0 Å². The third kappa shape index (κ3) is 6.94. The molecular weight excluding hydrogens is 236 g/mol. The Labute approximate surface area is 116 Å². The zero-order chi connectivity index (χ0) is 13.8. The van der Waals surface area contributed by atoms with Crippen molar-refractivity contribution in [2.75, 3.05) is 13.2 Å². The molecule has 2 nitrogen and oxygen atoms in total. The maximum absolute atomic E-state index is 5.81. The van der Waals surface area contributed by atoms with E-state index >= 15 is 0 Å². The molecule has 1 rings (SSSR count). The van der Waals surface area contributed by atoms with Gasteiger partial charge < -0.3 is 9.47 Å². The smallest absolute Gasteiger partial charge is 0.183 e. The van der Waals surface area contributed by atoms with E-state index in [2.05, 4.69) is 13.2 Å². The number of hydrogen-bond acceptors (Lipinski definition) is 2. The van der Waals surface area contributed by atoms with Gasteiger partial charge in [-0.2, -0.15) is 0 Å². The van der Waals surface area contributed by atoms with E-state index in [1.807, 2.05) is 42.5 Å². The van der Waals surface area contributed by atoms with Crippen LogP contribution in [0.25, 0.3) is 0 Å². The molecule has 1 aromatic carbocycles. The van der Waals surface area contributed by atoms with Crippen LogP contribution in [0.2, 0.25) is 0 Å². The number of benzene rings is 1. The fraction of sp³-hybridized carbons (Fsp3) is 0.412. The largest absolute Gasteiger partial charge is 0.348 e. The molecule has 0 radical (unpaired) electrons. The van der Waals surface area contributed by atoms with Crippen molar-refractivity contribution in [3.05, 3.63) is 61.2 Å². The van der Waals surface area contributed by atoms with Crippen LogP contribution in [-0.2, 0) is 9.47 Å². The normalized spacial score (nSPS) is 10.6. The summed E-state index contributed by atoms with van der Waals surface area (Å²) in [5, 5.41) is 0. The minimum Gasteiger partial charge on any atom is -0.348 e. The molecule has 19 heavy (non-hydrogen) atoms. The molecule has 0 fully saturated rings. The van der Waals surface area contributed by atoms with Gasteiger partial charge in [0.05, 0.1) is 13.2 Å². The molecule has 104 valence electrons. The average molecular weight is 260 g/mol. The second kappa shape index (κ2) is 10.5.